The van der Waals surface area contributed by atoms with E-state index in [1.165, 1.54) is 0 Å². The minimum atomic E-state index is -0.483. The number of nitrogens with one attached hydrogen (secondary N) is 1. The first-order chi connectivity index (χ1) is 9.52. The third kappa shape index (κ3) is 4.70. The van der Waals surface area contributed by atoms with Gasteiger partial charge in [0.1, 0.15) is 0 Å². The maximum absolute atomic E-state index is 12.5. The van der Waals surface area contributed by atoms with Crippen LogP contribution < -0.4 is 11.1 Å². The molecule has 0 bridgehead atoms. The molecular weight excluding hydrogens is 288 g/mol. The predicted octanol–water partition coefficient (Wildman–Crippen LogP) is 3.52. The lowest BCUT2D eigenvalue weighted by molar-refractivity contribution is -0.125. The van der Waals surface area contributed by atoms with E-state index in [2.05, 4.69) is 5.32 Å². The van der Waals surface area contributed by atoms with Gasteiger partial charge in [-0.15, -0.1) is 12.4 Å². The second kappa shape index (κ2) is 9.03. The third-order valence-electron chi connectivity index (χ3n) is 4.19. The maximum atomic E-state index is 12.5. The van der Waals surface area contributed by atoms with Crippen LogP contribution in [0.3, 0.4) is 0 Å². The normalized spacial score (nSPS) is 12.4. The van der Waals surface area contributed by atoms with E-state index < -0.39 is 5.41 Å². The first-order valence-corrected chi connectivity index (χ1v) is 7.17. The van der Waals surface area contributed by atoms with Crippen molar-refractivity contribution in [3.05, 3.63) is 29.8 Å². The quantitative estimate of drug-likeness (QED) is 0.809. The summed E-state index contributed by atoms with van der Waals surface area (Å²) in [5.74, 6) is -0.00720. The summed E-state index contributed by atoms with van der Waals surface area (Å²) < 4.78 is 5.29. The number of methoxy groups -OCH3 is 1. The number of hydrogen-bond donors (Lipinski definition) is 2. The molecule has 1 atom stereocenters. The molecule has 0 aliphatic heterocycles. The summed E-state index contributed by atoms with van der Waals surface area (Å²) >= 11 is 0. The smallest absolute Gasteiger partial charge is 0.231 e. The zero-order valence-electron chi connectivity index (χ0n) is 13.3. The van der Waals surface area contributed by atoms with Crippen LogP contribution in [-0.2, 0) is 9.53 Å². The minimum absolute atomic E-state index is 0. The van der Waals surface area contributed by atoms with Gasteiger partial charge >= 0.3 is 0 Å². The maximum Gasteiger partial charge on any atom is 0.231 e. The second-order valence-corrected chi connectivity index (χ2v) is 5.15. The lowest BCUT2D eigenvalue weighted by Gasteiger charge is -2.28. The van der Waals surface area contributed by atoms with Crippen LogP contribution in [0.15, 0.2) is 24.3 Å². The van der Waals surface area contributed by atoms with Crippen molar-refractivity contribution >= 4 is 24.0 Å². The number of amides is 1. The highest BCUT2D eigenvalue weighted by Gasteiger charge is 2.33. The molecule has 4 nitrogen and oxygen atoms in total. The summed E-state index contributed by atoms with van der Waals surface area (Å²) in [5.41, 5.74) is 7.15. The fourth-order valence-electron chi connectivity index (χ4n) is 2.22. The number of anilines is 1. The molecule has 0 aromatic heterocycles. The van der Waals surface area contributed by atoms with Crippen LogP contribution in [0.4, 0.5) is 5.69 Å². The van der Waals surface area contributed by atoms with E-state index in [-0.39, 0.29) is 24.4 Å². The Morgan fingerprint density at radius 1 is 1.38 bits per heavy atom. The van der Waals surface area contributed by atoms with Crippen molar-refractivity contribution in [1.29, 1.82) is 0 Å². The van der Waals surface area contributed by atoms with Crippen molar-refractivity contribution in [2.75, 3.05) is 19.0 Å². The fraction of sp³-hybridized carbons (Fsp3) is 0.562. The lowest BCUT2D eigenvalue weighted by Crippen LogP contribution is -2.41. The highest BCUT2D eigenvalue weighted by atomic mass is 35.5. The molecular formula is C16H27ClN2O2. The average Bonchev–Trinajstić information content (AvgIpc) is 2.49. The standard InChI is InChI=1S/C16H26N2O2.ClH/c1-5-16(6-2,11-17)15(19)18-14-9-7-8-13(10-14)12(3)20-4;/h7-10,12H,5-6,11,17H2,1-4H3,(H,18,19);1H. The molecule has 1 unspecified atom stereocenters. The highest BCUT2D eigenvalue weighted by Crippen LogP contribution is 2.27. The van der Waals surface area contributed by atoms with Crippen molar-refractivity contribution in [2.45, 2.75) is 39.7 Å². The Hall–Kier alpha value is -1.10. The van der Waals surface area contributed by atoms with Gasteiger partial charge in [0.25, 0.3) is 0 Å². The molecule has 1 aromatic carbocycles. The molecule has 3 N–H and O–H groups in total. The van der Waals surface area contributed by atoms with Crippen LogP contribution in [0.2, 0.25) is 0 Å². The summed E-state index contributed by atoms with van der Waals surface area (Å²) in [6, 6.07) is 7.73. The molecule has 0 fully saturated rings. The number of ether oxygens (including phenoxy) is 1. The van der Waals surface area contributed by atoms with E-state index in [9.17, 15) is 4.79 Å². The average molecular weight is 315 g/mol. The van der Waals surface area contributed by atoms with Crippen LogP contribution in [0.25, 0.3) is 0 Å². The Labute approximate surface area is 133 Å². The third-order valence-corrected chi connectivity index (χ3v) is 4.19. The number of nitrogens with two attached hydrogens (primary N) is 1. The fourth-order valence-corrected chi connectivity index (χ4v) is 2.22. The van der Waals surface area contributed by atoms with Gasteiger partial charge in [-0.3, -0.25) is 4.79 Å². The first kappa shape index (κ1) is 19.9. The number of carbonyl (C=O) groups is 1. The van der Waals surface area contributed by atoms with Crippen LogP contribution in [0.5, 0.6) is 0 Å². The monoisotopic (exact) mass is 314 g/mol. The summed E-state index contributed by atoms with van der Waals surface area (Å²) in [4.78, 5) is 12.5. The van der Waals surface area contributed by atoms with Gasteiger partial charge < -0.3 is 15.8 Å². The molecule has 0 saturated carbocycles. The van der Waals surface area contributed by atoms with Crippen molar-refractivity contribution in [2.24, 2.45) is 11.1 Å². The van der Waals surface area contributed by atoms with E-state index in [1.54, 1.807) is 7.11 Å². The largest absolute Gasteiger partial charge is 0.377 e. The second-order valence-electron chi connectivity index (χ2n) is 5.15. The van der Waals surface area contributed by atoms with Crippen molar-refractivity contribution in [1.82, 2.24) is 0 Å². The Kier molecular flexibility index (Phi) is 8.55. The first-order valence-electron chi connectivity index (χ1n) is 7.17. The number of hydrogen-bond acceptors (Lipinski definition) is 3. The molecule has 1 aromatic rings. The molecule has 0 heterocycles. The van der Waals surface area contributed by atoms with E-state index in [0.717, 1.165) is 24.1 Å². The topological polar surface area (TPSA) is 64.4 Å². The lowest BCUT2D eigenvalue weighted by atomic mass is 9.81. The SMILES string of the molecule is CCC(CC)(CN)C(=O)Nc1cccc(C(C)OC)c1.Cl. The van der Waals surface area contributed by atoms with Gasteiger partial charge in [0.05, 0.1) is 11.5 Å². The van der Waals surface area contributed by atoms with Gasteiger partial charge in [-0.25, -0.2) is 0 Å². The van der Waals surface area contributed by atoms with Crippen LogP contribution in [0.1, 0.15) is 45.3 Å². The molecule has 21 heavy (non-hydrogen) atoms. The molecule has 1 amide bonds. The molecule has 0 aliphatic rings. The Morgan fingerprint density at radius 2 is 2.00 bits per heavy atom. The van der Waals surface area contributed by atoms with Gasteiger partial charge in [-0.1, -0.05) is 26.0 Å². The minimum Gasteiger partial charge on any atom is -0.377 e. The van der Waals surface area contributed by atoms with E-state index >= 15 is 0 Å². The zero-order valence-corrected chi connectivity index (χ0v) is 14.1. The highest BCUT2D eigenvalue weighted by molar-refractivity contribution is 5.95. The van der Waals surface area contributed by atoms with Gasteiger partial charge in [-0.05, 0) is 37.5 Å². The molecule has 120 valence electrons. The van der Waals surface area contributed by atoms with Gasteiger partial charge in [0.15, 0.2) is 0 Å². The number of benzene rings is 1. The summed E-state index contributed by atoms with van der Waals surface area (Å²) in [7, 11) is 1.67. The Morgan fingerprint density at radius 3 is 2.48 bits per heavy atom. The van der Waals surface area contributed by atoms with Crippen LogP contribution >= 0.6 is 12.4 Å². The van der Waals surface area contributed by atoms with Crippen LogP contribution in [0, 0.1) is 5.41 Å². The van der Waals surface area contributed by atoms with E-state index in [1.807, 2.05) is 45.0 Å². The van der Waals surface area contributed by atoms with Crippen molar-refractivity contribution in [3.8, 4) is 0 Å². The Bertz CT molecular complexity index is 439. The van der Waals surface area contributed by atoms with E-state index in [4.69, 9.17) is 10.5 Å². The zero-order chi connectivity index (χ0) is 15.2. The predicted molar refractivity (Wildman–Crippen MR) is 89.8 cm³/mol. The van der Waals surface area contributed by atoms with E-state index in [0.29, 0.717) is 6.54 Å². The molecule has 0 radical (unpaired) electrons. The molecule has 0 spiro atoms. The summed E-state index contributed by atoms with van der Waals surface area (Å²) in [6.07, 6.45) is 1.48. The summed E-state index contributed by atoms with van der Waals surface area (Å²) in [5, 5.41) is 2.98. The van der Waals surface area contributed by atoms with Gasteiger partial charge in [0.2, 0.25) is 5.91 Å². The molecule has 0 aliphatic carbocycles. The number of carbonyl (C=O) groups excluding carboxylic acids is 1. The van der Waals surface area contributed by atoms with Gasteiger partial charge in [-0.2, -0.15) is 0 Å². The molecule has 0 saturated heterocycles. The molecule has 1 rings (SSSR count). The van der Waals surface area contributed by atoms with Crippen LogP contribution in [-0.4, -0.2) is 19.6 Å². The van der Waals surface area contributed by atoms with Crippen molar-refractivity contribution < 1.29 is 9.53 Å². The number of halogens is 1. The van der Waals surface area contributed by atoms with Gasteiger partial charge in [0, 0.05) is 19.3 Å². The molecule has 5 heteroatoms. The summed E-state index contributed by atoms with van der Waals surface area (Å²) in [6.45, 7) is 6.34. The Balaban J connectivity index is 0.00000400. The van der Waals surface area contributed by atoms with Crippen molar-refractivity contribution in [3.63, 3.8) is 0 Å². The number of rotatable bonds is 7.